The Hall–Kier alpha value is -3.86. The van der Waals surface area contributed by atoms with E-state index in [1.807, 2.05) is 56.8 Å². The van der Waals surface area contributed by atoms with Gasteiger partial charge in [-0.15, -0.1) is 0 Å². The van der Waals surface area contributed by atoms with E-state index in [4.69, 9.17) is 4.74 Å². The van der Waals surface area contributed by atoms with E-state index >= 15 is 0 Å². The predicted octanol–water partition coefficient (Wildman–Crippen LogP) is 3.08. The van der Waals surface area contributed by atoms with Crippen molar-refractivity contribution in [2.24, 2.45) is 0 Å². The number of ether oxygens (including phenoxy) is 1. The number of nitrogens with zero attached hydrogens (tertiary/aromatic N) is 5. The number of aromatic nitrogens is 4. The highest BCUT2D eigenvalue weighted by Gasteiger charge is 2.16. The third-order valence-corrected chi connectivity index (χ3v) is 6.30. The summed E-state index contributed by atoms with van der Waals surface area (Å²) in [5.41, 5.74) is 4.87. The van der Waals surface area contributed by atoms with Crippen LogP contribution in [0, 0.1) is 0 Å². The average Bonchev–Trinajstić information content (AvgIpc) is 3.34. The molecule has 0 aliphatic carbocycles. The average molecular weight is 501 g/mol. The van der Waals surface area contributed by atoms with Gasteiger partial charge < -0.3 is 20.3 Å². The van der Waals surface area contributed by atoms with Crippen LogP contribution in [0.4, 0.5) is 11.5 Å². The highest BCUT2D eigenvalue weighted by Crippen LogP contribution is 2.26. The number of amides is 1. The molecule has 10 nitrogen and oxygen atoms in total. The number of fused-ring (bicyclic) bond motifs is 1. The quantitative estimate of drug-likeness (QED) is 0.322. The summed E-state index contributed by atoms with van der Waals surface area (Å²) in [7, 11) is 4.05. The van der Waals surface area contributed by atoms with Crippen molar-refractivity contribution >= 4 is 28.3 Å². The Morgan fingerprint density at radius 1 is 1.08 bits per heavy atom. The second kappa shape index (κ2) is 11.5. The van der Waals surface area contributed by atoms with Crippen LogP contribution in [-0.4, -0.2) is 89.4 Å². The molecule has 1 aromatic carbocycles. The van der Waals surface area contributed by atoms with Crippen molar-refractivity contribution in [3.05, 3.63) is 66.2 Å². The maximum absolute atomic E-state index is 13.1. The minimum atomic E-state index is -0.294. The number of benzene rings is 1. The Bertz CT molecular complexity index is 1350. The maximum atomic E-state index is 13.1. The number of aromatic amines is 1. The molecule has 4 aromatic rings. The molecule has 0 radical (unpaired) electrons. The van der Waals surface area contributed by atoms with Gasteiger partial charge in [0.05, 0.1) is 30.6 Å². The zero-order chi connectivity index (χ0) is 25.6. The lowest BCUT2D eigenvalue weighted by Gasteiger charge is -2.26. The lowest BCUT2D eigenvalue weighted by molar-refractivity contribution is 0.0341. The van der Waals surface area contributed by atoms with Crippen molar-refractivity contribution in [1.29, 1.82) is 0 Å². The van der Waals surface area contributed by atoms with Crippen molar-refractivity contribution in [3.8, 4) is 11.1 Å². The molecular formula is C27H32N8O2. The van der Waals surface area contributed by atoms with Gasteiger partial charge in [-0.05, 0) is 55.6 Å². The Kier molecular flexibility index (Phi) is 7.69. The van der Waals surface area contributed by atoms with E-state index in [1.165, 1.54) is 0 Å². The number of H-pyrrole nitrogens is 1. The molecule has 3 aromatic heterocycles. The number of morpholine rings is 1. The molecule has 1 saturated heterocycles. The lowest BCUT2D eigenvalue weighted by Crippen LogP contribution is -2.35. The van der Waals surface area contributed by atoms with Gasteiger partial charge in [-0.25, -0.2) is 4.98 Å². The number of anilines is 2. The fourth-order valence-corrected chi connectivity index (χ4v) is 4.29. The number of hydrogen-bond donors (Lipinski definition) is 3. The van der Waals surface area contributed by atoms with E-state index in [0.717, 1.165) is 79.3 Å². The van der Waals surface area contributed by atoms with E-state index in [2.05, 4.69) is 46.7 Å². The first-order valence-electron chi connectivity index (χ1n) is 12.4. The molecule has 0 atom stereocenters. The summed E-state index contributed by atoms with van der Waals surface area (Å²) in [4.78, 5) is 26.4. The molecule has 0 unspecified atom stereocenters. The molecule has 192 valence electrons. The van der Waals surface area contributed by atoms with Crippen LogP contribution in [0.3, 0.4) is 0 Å². The first kappa shape index (κ1) is 24.8. The summed E-state index contributed by atoms with van der Waals surface area (Å²) in [6.45, 7) is 5.92. The summed E-state index contributed by atoms with van der Waals surface area (Å²) >= 11 is 0. The molecule has 37 heavy (non-hydrogen) atoms. The van der Waals surface area contributed by atoms with Crippen LogP contribution >= 0.6 is 0 Å². The lowest BCUT2D eigenvalue weighted by atomic mass is 10.0. The number of pyridine rings is 2. The molecule has 1 aliphatic heterocycles. The highest BCUT2D eigenvalue weighted by atomic mass is 16.5. The molecule has 3 N–H and O–H groups in total. The second-order valence-electron chi connectivity index (χ2n) is 9.42. The molecule has 0 saturated carbocycles. The molecule has 1 aliphatic rings. The standard InChI is InChI=1S/C27H32N8O2/c1-34(2)8-7-29-25-6-4-22(17-30-25)31-27(36)26-23-14-20(3-5-24(23)32-33-26)21-13-19(15-28-16-21)18-35-9-11-37-12-10-35/h3-6,13-17H,7-12,18H2,1-2H3,(H,29,30)(H,31,36)(H,32,33). The minimum absolute atomic E-state index is 0.294. The van der Waals surface area contributed by atoms with Crippen LogP contribution in [0.15, 0.2) is 55.0 Å². The molecule has 10 heteroatoms. The molecule has 4 heterocycles. The summed E-state index contributed by atoms with van der Waals surface area (Å²) in [5.74, 6) is 0.469. The number of carbonyl (C=O) groups excluding carboxylic acids is 1. The van der Waals surface area contributed by atoms with Crippen LogP contribution in [0.1, 0.15) is 16.1 Å². The first-order valence-corrected chi connectivity index (χ1v) is 12.4. The smallest absolute Gasteiger partial charge is 0.276 e. The second-order valence-corrected chi connectivity index (χ2v) is 9.42. The SMILES string of the molecule is CN(C)CCNc1ccc(NC(=O)c2n[nH]c3ccc(-c4cncc(CN5CCOCC5)c4)cc23)cn1. The fraction of sp³-hybridized carbons (Fsp3) is 0.333. The molecular weight excluding hydrogens is 468 g/mol. The van der Waals surface area contributed by atoms with Crippen LogP contribution in [-0.2, 0) is 11.3 Å². The first-order chi connectivity index (χ1) is 18.0. The zero-order valence-corrected chi connectivity index (χ0v) is 21.2. The molecule has 0 spiro atoms. The third kappa shape index (κ3) is 6.29. The largest absolute Gasteiger partial charge is 0.379 e. The van der Waals surface area contributed by atoms with Crippen molar-refractivity contribution in [2.45, 2.75) is 6.54 Å². The molecule has 1 amide bonds. The van der Waals surface area contributed by atoms with Gasteiger partial charge in [0.1, 0.15) is 5.82 Å². The summed E-state index contributed by atoms with van der Waals surface area (Å²) < 4.78 is 5.45. The van der Waals surface area contributed by atoms with Gasteiger partial charge in [-0.3, -0.25) is 19.8 Å². The van der Waals surface area contributed by atoms with Gasteiger partial charge in [0, 0.05) is 56.1 Å². The maximum Gasteiger partial charge on any atom is 0.276 e. The van der Waals surface area contributed by atoms with E-state index in [9.17, 15) is 4.79 Å². The summed E-state index contributed by atoms with van der Waals surface area (Å²) in [6.07, 6.45) is 5.40. The monoisotopic (exact) mass is 500 g/mol. The zero-order valence-electron chi connectivity index (χ0n) is 21.2. The van der Waals surface area contributed by atoms with Gasteiger partial charge in [-0.2, -0.15) is 5.10 Å². The Balaban J connectivity index is 1.29. The van der Waals surface area contributed by atoms with Gasteiger partial charge in [0.2, 0.25) is 0 Å². The van der Waals surface area contributed by atoms with Crippen LogP contribution in [0.25, 0.3) is 22.0 Å². The van der Waals surface area contributed by atoms with Gasteiger partial charge in [0.25, 0.3) is 5.91 Å². The van der Waals surface area contributed by atoms with Gasteiger partial charge >= 0.3 is 0 Å². The Morgan fingerprint density at radius 2 is 1.95 bits per heavy atom. The summed E-state index contributed by atoms with van der Waals surface area (Å²) in [5, 5.41) is 14.2. The Morgan fingerprint density at radius 3 is 2.73 bits per heavy atom. The summed E-state index contributed by atoms with van der Waals surface area (Å²) in [6, 6.07) is 11.8. The van der Waals surface area contributed by atoms with Gasteiger partial charge in [-0.1, -0.05) is 6.07 Å². The van der Waals surface area contributed by atoms with Crippen LogP contribution < -0.4 is 10.6 Å². The third-order valence-electron chi connectivity index (χ3n) is 6.30. The van der Waals surface area contributed by atoms with Crippen LogP contribution in [0.5, 0.6) is 0 Å². The minimum Gasteiger partial charge on any atom is -0.379 e. The molecule has 0 bridgehead atoms. The van der Waals surface area contributed by atoms with E-state index in [0.29, 0.717) is 11.4 Å². The number of rotatable bonds is 9. The van der Waals surface area contributed by atoms with Gasteiger partial charge in [0.15, 0.2) is 5.69 Å². The van der Waals surface area contributed by atoms with Crippen molar-refractivity contribution in [2.75, 3.05) is 64.1 Å². The van der Waals surface area contributed by atoms with Crippen molar-refractivity contribution < 1.29 is 9.53 Å². The number of hydrogen-bond acceptors (Lipinski definition) is 8. The Labute approximate surface area is 216 Å². The molecule has 5 rings (SSSR count). The molecule has 1 fully saturated rings. The number of likely N-dealkylation sites (N-methyl/N-ethyl adjacent to an activating group) is 1. The van der Waals surface area contributed by atoms with Crippen LogP contribution in [0.2, 0.25) is 0 Å². The highest BCUT2D eigenvalue weighted by molar-refractivity contribution is 6.11. The van der Waals surface area contributed by atoms with E-state index in [1.54, 1.807) is 6.20 Å². The number of nitrogens with one attached hydrogen (secondary N) is 3. The van der Waals surface area contributed by atoms with E-state index in [-0.39, 0.29) is 5.91 Å². The normalized spacial score (nSPS) is 14.2. The predicted molar refractivity (Wildman–Crippen MR) is 145 cm³/mol. The van der Waals surface area contributed by atoms with Crippen molar-refractivity contribution in [3.63, 3.8) is 0 Å². The van der Waals surface area contributed by atoms with Crippen molar-refractivity contribution in [1.82, 2.24) is 30.0 Å². The van der Waals surface area contributed by atoms with E-state index < -0.39 is 0 Å². The topological polar surface area (TPSA) is 111 Å². The number of carbonyl (C=O) groups is 1. The fourth-order valence-electron chi connectivity index (χ4n) is 4.29.